The summed E-state index contributed by atoms with van der Waals surface area (Å²) < 4.78 is 32.6. The largest absolute Gasteiger partial charge is 0.490 e. The molecule has 1 heterocycles. The van der Waals surface area contributed by atoms with Gasteiger partial charge in [-0.3, -0.25) is 9.59 Å². The molecule has 2 aliphatic rings. The molecule has 1 aromatic rings. The third-order valence-electron chi connectivity index (χ3n) is 5.38. The smallest absolute Gasteiger partial charge is 0.475 e. The van der Waals surface area contributed by atoms with Crippen LogP contribution in [0.3, 0.4) is 0 Å². The molecule has 2 amide bonds. The van der Waals surface area contributed by atoms with Crippen LogP contribution in [0.15, 0.2) is 28.7 Å². The lowest BCUT2D eigenvalue weighted by Crippen LogP contribution is -2.48. The maximum absolute atomic E-state index is 13.0. The molecule has 1 aliphatic heterocycles. The molecule has 1 aliphatic carbocycles. The van der Waals surface area contributed by atoms with E-state index in [0.29, 0.717) is 18.5 Å². The Labute approximate surface area is 193 Å². The van der Waals surface area contributed by atoms with Gasteiger partial charge >= 0.3 is 12.1 Å². The van der Waals surface area contributed by atoms with Crippen molar-refractivity contribution in [2.24, 2.45) is 0 Å². The Morgan fingerprint density at radius 3 is 2.28 bits per heavy atom. The summed E-state index contributed by atoms with van der Waals surface area (Å²) in [5.41, 5.74) is 0.691. The molecule has 0 bridgehead atoms. The van der Waals surface area contributed by atoms with Crippen molar-refractivity contribution in [1.29, 1.82) is 0 Å². The Hall–Kier alpha value is -2.14. The fourth-order valence-corrected chi connectivity index (χ4v) is 4.14. The number of aliphatic carboxylic acids is 1. The van der Waals surface area contributed by atoms with Crippen LogP contribution in [-0.4, -0.2) is 77.6 Å². The summed E-state index contributed by atoms with van der Waals surface area (Å²) in [5.74, 6) is -2.56. The van der Waals surface area contributed by atoms with Gasteiger partial charge in [0.25, 0.3) is 5.91 Å². The Morgan fingerprint density at radius 1 is 1.16 bits per heavy atom. The SMILES string of the molecule is O=C(CCN(C(=O)c1cccc(Br)c1)C1CCCC1)N1CCNCC1.O=C(O)C(F)(F)F. The molecule has 32 heavy (non-hydrogen) atoms. The molecule has 1 saturated carbocycles. The van der Waals surface area contributed by atoms with Crippen molar-refractivity contribution in [3.8, 4) is 0 Å². The molecule has 0 unspecified atom stereocenters. The normalized spacial score (nSPS) is 16.8. The first-order valence-corrected chi connectivity index (χ1v) is 11.2. The molecule has 3 rings (SSSR count). The minimum absolute atomic E-state index is 0.0429. The van der Waals surface area contributed by atoms with E-state index in [4.69, 9.17) is 9.90 Å². The average molecular weight is 522 g/mol. The molecule has 11 heteroatoms. The molecule has 178 valence electrons. The molecule has 0 spiro atoms. The van der Waals surface area contributed by atoms with Gasteiger partial charge < -0.3 is 20.2 Å². The van der Waals surface area contributed by atoms with E-state index in [1.165, 1.54) is 12.8 Å². The third kappa shape index (κ3) is 8.09. The predicted octanol–water partition coefficient (Wildman–Crippen LogP) is 3.29. The second-order valence-electron chi connectivity index (χ2n) is 7.63. The van der Waals surface area contributed by atoms with Crippen LogP contribution < -0.4 is 5.32 Å². The number of carbonyl (C=O) groups is 3. The molecule has 7 nitrogen and oxygen atoms in total. The number of piperazine rings is 1. The van der Waals surface area contributed by atoms with E-state index in [-0.39, 0.29) is 17.9 Å². The first-order chi connectivity index (χ1) is 15.1. The summed E-state index contributed by atoms with van der Waals surface area (Å²) in [6.45, 7) is 3.76. The first kappa shape index (κ1) is 26.1. The van der Waals surface area contributed by atoms with E-state index >= 15 is 0 Å². The number of carbonyl (C=O) groups excluding carboxylic acids is 2. The summed E-state index contributed by atoms with van der Waals surface area (Å²) in [6.07, 6.45) is -0.253. The zero-order valence-corrected chi connectivity index (χ0v) is 19.1. The number of hydrogen-bond acceptors (Lipinski definition) is 4. The minimum atomic E-state index is -5.08. The van der Waals surface area contributed by atoms with Gasteiger partial charge in [-0.1, -0.05) is 34.8 Å². The number of nitrogens with one attached hydrogen (secondary N) is 1. The monoisotopic (exact) mass is 521 g/mol. The minimum Gasteiger partial charge on any atom is -0.475 e. The molecule has 0 radical (unpaired) electrons. The van der Waals surface area contributed by atoms with E-state index in [1.807, 2.05) is 34.1 Å². The summed E-state index contributed by atoms with van der Waals surface area (Å²) in [4.78, 5) is 38.3. The topological polar surface area (TPSA) is 90.0 Å². The molecular weight excluding hydrogens is 495 g/mol. The van der Waals surface area contributed by atoms with Crippen LogP contribution in [0.25, 0.3) is 0 Å². The van der Waals surface area contributed by atoms with Crippen LogP contribution in [0.2, 0.25) is 0 Å². The molecule has 2 N–H and O–H groups in total. The van der Waals surface area contributed by atoms with Crippen molar-refractivity contribution in [2.45, 2.75) is 44.3 Å². The van der Waals surface area contributed by atoms with Crippen molar-refractivity contribution < 1.29 is 32.7 Å². The van der Waals surface area contributed by atoms with E-state index in [2.05, 4.69) is 21.2 Å². The van der Waals surface area contributed by atoms with E-state index in [1.54, 1.807) is 0 Å². The highest BCUT2D eigenvalue weighted by Gasteiger charge is 2.38. The fraction of sp³-hybridized carbons (Fsp3) is 0.571. The van der Waals surface area contributed by atoms with Crippen LogP contribution in [-0.2, 0) is 9.59 Å². The van der Waals surface area contributed by atoms with E-state index < -0.39 is 12.1 Å². The third-order valence-corrected chi connectivity index (χ3v) is 5.87. The number of rotatable bonds is 5. The van der Waals surface area contributed by atoms with Crippen molar-refractivity contribution in [3.05, 3.63) is 34.3 Å². The molecule has 1 saturated heterocycles. The number of carboxylic acid groups (broad SMARTS) is 1. The predicted molar refractivity (Wildman–Crippen MR) is 115 cm³/mol. The summed E-state index contributed by atoms with van der Waals surface area (Å²) in [5, 5.41) is 10.4. The number of amides is 2. The van der Waals surface area contributed by atoms with Crippen molar-refractivity contribution in [2.75, 3.05) is 32.7 Å². The van der Waals surface area contributed by atoms with Gasteiger partial charge in [0.15, 0.2) is 0 Å². The van der Waals surface area contributed by atoms with Crippen LogP contribution in [0.1, 0.15) is 42.5 Å². The zero-order valence-electron chi connectivity index (χ0n) is 17.5. The highest BCUT2D eigenvalue weighted by molar-refractivity contribution is 9.10. The van der Waals surface area contributed by atoms with Crippen molar-refractivity contribution in [1.82, 2.24) is 15.1 Å². The van der Waals surface area contributed by atoms with Gasteiger partial charge in [0.2, 0.25) is 5.91 Å². The lowest BCUT2D eigenvalue weighted by atomic mass is 10.1. The number of nitrogens with zero attached hydrogens (tertiary/aromatic N) is 2. The van der Waals surface area contributed by atoms with Gasteiger partial charge in [0, 0.05) is 55.2 Å². The maximum Gasteiger partial charge on any atom is 0.490 e. The van der Waals surface area contributed by atoms with Gasteiger partial charge in [-0.05, 0) is 31.0 Å². The number of carboxylic acids is 1. The lowest BCUT2D eigenvalue weighted by molar-refractivity contribution is -0.192. The Bertz CT molecular complexity index is 795. The Kier molecular flexibility index (Phi) is 9.95. The van der Waals surface area contributed by atoms with Crippen molar-refractivity contribution >= 4 is 33.7 Å². The molecular formula is C21H27BrF3N3O4. The van der Waals surface area contributed by atoms with Gasteiger partial charge in [0.1, 0.15) is 0 Å². The van der Waals surface area contributed by atoms with Crippen molar-refractivity contribution in [3.63, 3.8) is 0 Å². The summed E-state index contributed by atoms with van der Waals surface area (Å²) >= 11 is 3.44. The zero-order chi connectivity index (χ0) is 23.7. The van der Waals surface area contributed by atoms with Gasteiger partial charge in [0.05, 0.1) is 0 Å². The lowest BCUT2D eigenvalue weighted by Gasteiger charge is -2.31. The van der Waals surface area contributed by atoms with E-state index in [0.717, 1.165) is 43.5 Å². The summed E-state index contributed by atoms with van der Waals surface area (Å²) in [6, 6.07) is 7.79. The van der Waals surface area contributed by atoms with Gasteiger partial charge in [-0.15, -0.1) is 0 Å². The fourth-order valence-electron chi connectivity index (χ4n) is 3.74. The Morgan fingerprint density at radius 2 is 1.75 bits per heavy atom. The number of alkyl halides is 3. The molecule has 1 aromatic carbocycles. The number of halogens is 4. The second kappa shape index (κ2) is 12.2. The standard InChI is InChI=1S/C19H26BrN3O2.C2HF3O2/c20-16-5-3-4-15(14-16)19(25)23(17-6-1-2-7-17)11-8-18(24)22-12-9-21-10-13-22;3-2(4,5)1(6)7/h3-5,14,17,21H,1-2,6-13H2;(H,6,7). The first-order valence-electron chi connectivity index (χ1n) is 10.4. The highest BCUT2D eigenvalue weighted by Crippen LogP contribution is 2.26. The molecule has 2 fully saturated rings. The van der Waals surface area contributed by atoms with Crippen LogP contribution in [0.4, 0.5) is 13.2 Å². The van der Waals surface area contributed by atoms with E-state index in [9.17, 15) is 22.8 Å². The quantitative estimate of drug-likeness (QED) is 0.620. The van der Waals surface area contributed by atoms with Gasteiger partial charge in [-0.25, -0.2) is 4.79 Å². The second-order valence-corrected chi connectivity index (χ2v) is 8.55. The number of hydrogen-bond donors (Lipinski definition) is 2. The highest BCUT2D eigenvalue weighted by atomic mass is 79.9. The Balaban J connectivity index is 0.000000451. The molecule has 0 aromatic heterocycles. The maximum atomic E-state index is 13.0. The van der Waals surface area contributed by atoms with Gasteiger partial charge in [-0.2, -0.15) is 13.2 Å². The average Bonchev–Trinajstić information content (AvgIpc) is 3.28. The number of benzene rings is 1. The van der Waals surface area contributed by atoms with Crippen LogP contribution in [0, 0.1) is 0 Å². The molecule has 0 atom stereocenters. The van der Waals surface area contributed by atoms with Crippen LogP contribution >= 0.6 is 15.9 Å². The summed E-state index contributed by atoms with van der Waals surface area (Å²) in [7, 11) is 0. The van der Waals surface area contributed by atoms with Crippen LogP contribution in [0.5, 0.6) is 0 Å².